The van der Waals surface area contributed by atoms with Gasteiger partial charge in [-0.05, 0) is 43.7 Å². The first-order valence-corrected chi connectivity index (χ1v) is 9.43. The molecule has 0 bridgehead atoms. The van der Waals surface area contributed by atoms with Gasteiger partial charge in [0.2, 0.25) is 5.91 Å². The summed E-state index contributed by atoms with van der Waals surface area (Å²) in [5.41, 5.74) is 0.820. The minimum atomic E-state index is -0.525. The molecule has 1 heterocycles. The Bertz CT molecular complexity index is 897. The van der Waals surface area contributed by atoms with Crippen molar-refractivity contribution in [2.45, 2.75) is 18.9 Å². The number of methoxy groups -OCH3 is 2. The molecule has 2 aromatic rings. The van der Waals surface area contributed by atoms with Gasteiger partial charge < -0.3 is 9.47 Å². The highest BCUT2D eigenvalue weighted by Gasteiger charge is 2.33. The molecular formula is C22H24N2O5. The maximum absolute atomic E-state index is 12.9. The van der Waals surface area contributed by atoms with Gasteiger partial charge in [0.05, 0.1) is 32.4 Å². The van der Waals surface area contributed by atoms with E-state index in [1.165, 1.54) is 14.2 Å². The van der Waals surface area contributed by atoms with Crippen molar-refractivity contribution in [3.05, 3.63) is 59.7 Å². The molecular weight excluding hydrogens is 372 g/mol. The van der Waals surface area contributed by atoms with Crippen molar-refractivity contribution >= 4 is 17.6 Å². The summed E-state index contributed by atoms with van der Waals surface area (Å²) in [6.45, 7) is 0.663. The van der Waals surface area contributed by atoms with Gasteiger partial charge in [0.1, 0.15) is 0 Å². The first kappa shape index (κ1) is 20.5. The number of hydrogen-bond donors (Lipinski definition) is 1. The number of ketones is 1. The minimum absolute atomic E-state index is 0.0567. The van der Waals surface area contributed by atoms with Gasteiger partial charge in [0, 0.05) is 5.56 Å². The average molecular weight is 396 g/mol. The molecule has 0 spiro atoms. The Labute approximate surface area is 169 Å². The van der Waals surface area contributed by atoms with Crippen LogP contribution in [0.2, 0.25) is 0 Å². The number of carbonyl (C=O) groups is 3. The highest BCUT2D eigenvalue weighted by atomic mass is 16.5. The fraction of sp³-hybridized carbons (Fsp3) is 0.318. The van der Waals surface area contributed by atoms with Crippen molar-refractivity contribution in [2.75, 3.05) is 27.3 Å². The second-order valence-electron chi connectivity index (χ2n) is 6.78. The maximum atomic E-state index is 12.9. The second kappa shape index (κ2) is 9.34. The Morgan fingerprint density at radius 3 is 2.48 bits per heavy atom. The van der Waals surface area contributed by atoms with E-state index in [2.05, 4.69) is 5.32 Å². The van der Waals surface area contributed by atoms with Gasteiger partial charge in [-0.1, -0.05) is 24.3 Å². The molecule has 2 aromatic carbocycles. The van der Waals surface area contributed by atoms with E-state index in [1.54, 1.807) is 53.4 Å². The van der Waals surface area contributed by atoms with Crippen molar-refractivity contribution in [3.8, 4) is 11.5 Å². The van der Waals surface area contributed by atoms with E-state index in [1.807, 2.05) is 0 Å². The second-order valence-corrected chi connectivity index (χ2v) is 6.78. The smallest absolute Gasteiger partial charge is 0.257 e. The van der Waals surface area contributed by atoms with Crippen LogP contribution >= 0.6 is 0 Å². The molecule has 1 aliphatic heterocycles. The van der Waals surface area contributed by atoms with Crippen LogP contribution in [0.4, 0.5) is 0 Å². The largest absolute Gasteiger partial charge is 0.493 e. The highest BCUT2D eigenvalue weighted by Crippen LogP contribution is 2.31. The molecule has 152 valence electrons. The molecule has 1 saturated heterocycles. The lowest BCUT2D eigenvalue weighted by atomic mass is 10.1. The number of para-hydroxylation sites is 1. The van der Waals surface area contributed by atoms with Gasteiger partial charge in [-0.2, -0.15) is 0 Å². The SMILES string of the molecule is COc1cccc(C(=O)CN2CCC[C@@H]2C(=O)NC(=O)c2ccccc2)c1OC. The summed E-state index contributed by atoms with van der Waals surface area (Å²) in [5.74, 6) is -0.151. The fourth-order valence-corrected chi connectivity index (χ4v) is 3.55. The summed E-state index contributed by atoms with van der Waals surface area (Å²) < 4.78 is 10.6. The van der Waals surface area contributed by atoms with E-state index in [0.29, 0.717) is 35.6 Å². The number of carbonyl (C=O) groups excluding carboxylic acids is 3. The van der Waals surface area contributed by atoms with Gasteiger partial charge in [-0.15, -0.1) is 0 Å². The molecule has 0 unspecified atom stereocenters. The summed E-state index contributed by atoms with van der Waals surface area (Å²) in [4.78, 5) is 39.6. The van der Waals surface area contributed by atoms with E-state index in [-0.39, 0.29) is 18.2 Å². The van der Waals surface area contributed by atoms with Crippen LogP contribution in [-0.4, -0.2) is 55.8 Å². The molecule has 3 rings (SSSR count). The number of nitrogens with zero attached hydrogens (tertiary/aromatic N) is 1. The number of benzene rings is 2. The average Bonchev–Trinajstić information content (AvgIpc) is 3.21. The zero-order valence-corrected chi connectivity index (χ0v) is 16.5. The first-order valence-electron chi connectivity index (χ1n) is 9.43. The Kier molecular flexibility index (Phi) is 6.61. The van der Waals surface area contributed by atoms with Crippen LogP contribution in [0, 0.1) is 0 Å². The predicted octanol–water partition coefficient (Wildman–Crippen LogP) is 2.31. The van der Waals surface area contributed by atoms with Crippen LogP contribution in [-0.2, 0) is 4.79 Å². The van der Waals surface area contributed by atoms with Gasteiger partial charge in [0.25, 0.3) is 5.91 Å². The molecule has 0 saturated carbocycles. The number of amides is 2. The number of Topliss-reactive ketones (excluding diaryl/α,β-unsaturated/α-hetero) is 1. The van der Waals surface area contributed by atoms with Crippen LogP contribution in [0.1, 0.15) is 33.6 Å². The molecule has 2 amide bonds. The molecule has 0 aliphatic carbocycles. The molecule has 0 radical (unpaired) electrons. The highest BCUT2D eigenvalue weighted by molar-refractivity contribution is 6.06. The van der Waals surface area contributed by atoms with Crippen LogP contribution < -0.4 is 14.8 Å². The first-order chi connectivity index (χ1) is 14.0. The number of likely N-dealkylation sites (tertiary alicyclic amines) is 1. The quantitative estimate of drug-likeness (QED) is 0.571. The maximum Gasteiger partial charge on any atom is 0.257 e. The monoisotopic (exact) mass is 396 g/mol. The molecule has 1 N–H and O–H groups in total. The normalized spacial score (nSPS) is 16.3. The zero-order chi connectivity index (χ0) is 20.8. The third-order valence-electron chi connectivity index (χ3n) is 4.99. The van der Waals surface area contributed by atoms with E-state index in [9.17, 15) is 14.4 Å². The van der Waals surface area contributed by atoms with Crippen molar-refractivity contribution in [2.24, 2.45) is 0 Å². The topological polar surface area (TPSA) is 84.9 Å². The Balaban J connectivity index is 1.69. The van der Waals surface area contributed by atoms with Gasteiger partial charge >= 0.3 is 0 Å². The molecule has 1 aliphatic rings. The molecule has 1 fully saturated rings. The molecule has 0 aromatic heterocycles. The zero-order valence-electron chi connectivity index (χ0n) is 16.5. The van der Waals surface area contributed by atoms with Crippen LogP contribution in [0.25, 0.3) is 0 Å². The van der Waals surface area contributed by atoms with Crippen molar-refractivity contribution in [3.63, 3.8) is 0 Å². The standard InChI is InChI=1S/C22H24N2O5/c1-28-19-12-6-10-16(20(19)29-2)18(25)14-24-13-7-11-17(24)22(27)23-21(26)15-8-4-3-5-9-15/h3-6,8-10,12,17H,7,11,13-14H2,1-2H3,(H,23,26,27)/t17-/m1/s1. The van der Waals surface area contributed by atoms with E-state index >= 15 is 0 Å². The van der Waals surface area contributed by atoms with Crippen LogP contribution in [0.3, 0.4) is 0 Å². The lowest BCUT2D eigenvalue weighted by molar-refractivity contribution is -0.124. The van der Waals surface area contributed by atoms with Crippen molar-refractivity contribution in [1.82, 2.24) is 10.2 Å². The summed E-state index contributed by atoms with van der Waals surface area (Å²) in [5, 5.41) is 2.45. The van der Waals surface area contributed by atoms with Crippen LogP contribution in [0.5, 0.6) is 11.5 Å². The molecule has 7 nitrogen and oxygen atoms in total. The summed E-state index contributed by atoms with van der Waals surface area (Å²) in [7, 11) is 2.99. The Hall–Kier alpha value is -3.19. The number of hydrogen-bond acceptors (Lipinski definition) is 6. The van der Waals surface area contributed by atoms with Crippen molar-refractivity contribution in [1.29, 1.82) is 0 Å². The Morgan fingerprint density at radius 1 is 1.03 bits per heavy atom. The number of nitrogens with one attached hydrogen (secondary N) is 1. The lowest BCUT2D eigenvalue weighted by Gasteiger charge is -2.23. The fourth-order valence-electron chi connectivity index (χ4n) is 3.55. The molecule has 1 atom stereocenters. The third-order valence-corrected chi connectivity index (χ3v) is 4.99. The number of ether oxygens (including phenoxy) is 2. The van der Waals surface area contributed by atoms with E-state index < -0.39 is 11.9 Å². The predicted molar refractivity (Wildman–Crippen MR) is 107 cm³/mol. The van der Waals surface area contributed by atoms with E-state index in [4.69, 9.17) is 9.47 Å². The summed E-state index contributed by atoms with van der Waals surface area (Å²) >= 11 is 0. The minimum Gasteiger partial charge on any atom is -0.493 e. The van der Waals surface area contributed by atoms with Crippen molar-refractivity contribution < 1.29 is 23.9 Å². The Morgan fingerprint density at radius 2 is 1.79 bits per heavy atom. The summed E-state index contributed by atoms with van der Waals surface area (Å²) in [6, 6.07) is 13.2. The molecule has 7 heteroatoms. The van der Waals surface area contributed by atoms with Gasteiger partial charge in [-0.25, -0.2) is 0 Å². The lowest BCUT2D eigenvalue weighted by Crippen LogP contribution is -2.46. The van der Waals surface area contributed by atoms with E-state index in [0.717, 1.165) is 6.42 Å². The third kappa shape index (κ3) is 4.63. The number of rotatable bonds is 7. The number of imide groups is 1. The van der Waals surface area contributed by atoms with Gasteiger partial charge in [-0.3, -0.25) is 24.6 Å². The van der Waals surface area contributed by atoms with Crippen LogP contribution in [0.15, 0.2) is 48.5 Å². The van der Waals surface area contributed by atoms with Gasteiger partial charge in [0.15, 0.2) is 17.3 Å². The summed E-state index contributed by atoms with van der Waals surface area (Å²) in [6.07, 6.45) is 1.37. The molecule has 29 heavy (non-hydrogen) atoms.